The average Bonchev–Trinajstić information content (AvgIpc) is 2.84. The van der Waals surface area contributed by atoms with Crippen LogP contribution in [-0.2, 0) is 10.8 Å². The monoisotopic (exact) mass is 576 g/mol. The zero-order chi connectivity index (χ0) is 29.8. The molecular weight excluding hydrogens is 537 g/mol. The second-order valence-corrected chi connectivity index (χ2v) is 14.2. The molecule has 0 spiro atoms. The summed E-state index contributed by atoms with van der Waals surface area (Å²) in [7, 11) is 0. The highest BCUT2D eigenvalue weighted by atomic mass is 32.2. The molecule has 0 bridgehead atoms. The van der Waals surface area contributed by atoms with Crippen LogP contribution in [0.2, 0.25) is 0 Å². The molecule has 4 nitrogen and oxygen atoms in total. The molecule has 0 radical (unpaired) electrons. The third kappa shape index (κ3) is 8.39. The first-order chi connectivity index (χ1) is 18.5. The van der Waals surface area contributed by atoms with Crippen LogP contribution in [0.15, 0.2) is 92.4 Å². The Morgan fingerprint density at radius 1 is 0.475 bits per heavy atom. The number of phenolic OH excluding ortho intramolecular Hbond substituents is 4. The fourth-order valence-electron chi connectivity index (χ4n) is 4.05. The molecule has 4 aromatic rings. The summed E-state index contributed by atoms with van der Waals surface area (Å²) in [5.74, 6) is 1.24. The van der Waals surface area contributed by atoms with Crippen LogP contribution < -0.4 is 0 Å². The molecule has 0 heterocycles. The van der Waals surface area contributed by atoms with Crippen molar-refractivity contribution in [1.29, 1.82) is 0 Å². The average molecular weight is 577 g/mol. The van der Waals surface area contributed by atoms with Crippen LogP contribution >= 0.6 is 23.5 Å². The van der Waals surface area contributed by atoms with Gasteiger partial charge in [-0.1, -0.05) is 65.1 Å². The minimum absolute atomic E-state index is 0.117. The van der Waals surface area contributed by atoms with Gasteiger partial charge in [-0.05, 0) is 109 Å². The Bertz CT molecular complexity index is 1340. The van der Waals surface area contributed by atoms with Gasteiger partial charge in [0.1, 0.15) is 23.0 Å². The molecule has 4 aromatic carbocycles. The molecule has 0 amide bonds. The minimum atomic E-state index is -0.117. The summed E-state index contributed by atoms with van der Waals surface area (Å²) in [6.45, 7) is 16.7. The van der Waals surface area contributed by atoms with Crippen LogP contribution in [0, 0.1) is 13.8 Å². The van der Waals surface area contributed by atoms with Crippen molar-refractivity contribution in [3.8, 4) is 23.0 Å². The first-order valence-corrected chi connectivity index (χ1v) is 14.8. The summed E-state index contributed by atoms with van der Waals surface area (Å²) in [6, 6.07) is 21.9. The molecule has 0 aromatic heterocycles. The predicted octanol–water partition coefficient (Wildman–Crippen LogP) is 9.71. The lowest BCUT2D eigenvalue weighted by Gasteiger charge is -2.24. The Hall–Kier alpha value is -3.22. The van der Waals surface area contributed by atoms with E-state index >= 15 is 0 Å². The van der Waals surface area contributed by atoms with Gasteiger partial charge < -0.3 is 20.4 Å². The normalized spacial score (nSPS) is 11.6. The van der Waals surface area contributed by atoms with E-state index in [4.69, 9.17) is 10.2 Å². The first-order valence-electron chi connectivity index (χ1n) is 13.2. The van der Waals surface area contributed by atoms with Crippen LogP contribution in [0.25, 0.3) is 0 Å². The van der Waals surface area contributed by atoms with E-state index in [1.54, 1.807) is 47.8 Å². The Kier molecular flexibility index (Phi) is 9.81. The van der Waals surface area contributed by atoms with Crippen molar-refractivity contribution in [3.05, 3.63) is 95.1 Å². The molecular formula is C34H40O4S2. The van der Waals surface area contributed by atoms with Crippen molar-refractivity contribution in [2.24, 2.45) is 0 Å². The smallest absolute Gasteiger partial charge is 0.119 e. The van der Waals surface area contributed by atoms with Crippen molar-refractivity contribution in [3.63, 3.8) is 0 Å². The molecule has 6 heteroatoms. The highest BCUT2D eigenvalue weighted by Crippen LogP contribution is 2.42. The van der Waals surface area contributed by atoms with E-state index in [1.807, 2.05) is 50.2 Å². The fraction of sp³-hybridized carbons (Fsp3) is 0.294. The van der Waals surface area contributed by atoms with Crippen molar-refractivity contribution in [2.45, 2.75) is 85.8 Å². The molecule has 0 atom stereocenters. The molecule has 0 fully saturated rings. The van der Waals surface area contributed by atoms with Gasteiger partial charge in [-0.25, -0.2) is 0 Å². The quantitative estimate of drug-likeness (QED) is 0.194. The number of benzene rings is 4. The van der Waals surface area contributed by atoms with Gasteiger partial charge in [-0.15, -0.1) is 0 Å². The van der Waals surface area contributed by atoms with Crippen molar-refractivity contribution >= 4 is 23.5 Å². The molecule has 4 N–H and O–H groups in total. The summed E-state index contributed by atoms with van der Waals surface area (Å²) in [5, 5.41) is 38.9. The highest BCUT2D eigenvalue weighted by molar-refractivity contribution is 7.99. The van der Waals surface area contributed by atoms with E-state index in [0.717, 1.165) is 41.8 Å². The first kappa shape index (κ1) is 31.3. The van der Waals surface area contributed by atoms with Crippen molar-refractivity contribution in [2.75, 3.05) is 0 Å². The summed E-state index contributed by atoms with van der Waals surface area (Å²) < 4.78 is 0. The molecule has 0 unspecified atom stereocenters. The zero-order valence-electron chi connectivity index (χ0n) is 24.5. The Labute approximate surface area is 247 Å². The van der Waals surface area contributed by atoms with E-state index in [2.05, 4.69) is 53.7 Å². The molecule has 0 aliphatic carbocycles. The molecule has 0 saturated carbocycles. The van der Waals surface area contributed by atoms with Crippen LogP contribution in [0.4, 0.5) is 0 Å². The van der Waals surface area contributed by atoms with Crippen molar-refractivity contribution < 1.29 is 20.4 Å². The molecule has 0 aliphatic heterocycles. The third-order valence-electron chi connectivity index (χ3n) is 6.33. The highest BCUT2D eigenvalue weighted by Gasteiger charge is 2.22. The summed E-state index contributed by atoms with van der Waals surface area (Å²) in [4.78, 5) is 4.38. The number of phenols is 4. The van der Waals surface area contributed by atoms with Gasteiger partial charge in [0.25, 0.3) is 0 Å². The second kappa shape index (κ2) is 12.5. The molecule has 212 valence electrons. The number of rotatable bonds is 4. The number of aromatic hydroxyl groups is 4. The Morgan fingerprint density at radius 3 is 1.10 bits per heavy atom. The standard InChI is InChI=1S/C22H30O2S.C12H10O2S/c1-13-9-17(23)15(21(3,4)5)11-19(13)25-20-12-16(22(6,7)8)18(24)10-14(20)2;13-9-1-5-11(6-2-9)15-12-7-3-10(14)4-8-12/h9-12,23-24H,1-8H3;1-8,13-14H. The van der Waals surface area contributed by atoms with Crippen LogP contribution in [-0.4, -0.2) is 20.4 Å². The van der Waals surface area contributed by atoms with E-state index in [-0.39, 0.29) is 22.3 Å². The number of aryl methyl sites for hydroxylation is 2. The lowest BCUT2D eigenvalue weighted by molar-refractivity contribution is 0.444. The number of hydrogen-bond acceptors (Lipinski definition) is 6. The van der Waals surface area contributed by atoms with Gasteiger partial charge in [0.2, 0.25) is 0 Å². The fourth-order valence-corrected chi connectivity index (χ4v) is 5.90. The van der Waals surface area contributed by atoms with Gasteiger partial charge in [0.05, 0.1) is 0 Å². The maximum Gasteiger partial charge on any atom is 0.119 e. The molecule has 4 rings (SSSR count). The van der Waals surface area contributed by atoms with Gasteiger partial charge >= 0.3 is 0 Å². The minimum Gasteiger partial charge on any atom is -0.508 e. The van der Waals surface area contributed by atoms with Crippen molar-refractivity contribution in [1.82, 2.24) is 0 Å². The van der Waals surface area contributed by atoms with E-state index in [9.17, 15) is 10.2 Å². The van der Waals surface area contributed by atoms with Gasteiger partial charge in [0.15, 0.2) is 0 Å². The van der Waals surface area contributed by atoms with Gasteiger partial charge in [0, 0.05) is 30.7 Å². The van der Waals surface area contributed by atoms with Crippen LogP contribution in [0.5, 0.6) is 23.0 Å². The number of hydrogen-bond donors (Lipinski definition) is 4. The largest absolute Gasteiger partial charge is 0.508 e. The third-order valence-corrected chi connectivity index (χ3v) is 8.67. The molecule has 40 heavy (non-hydrogen) atoms. The lowest BCUT2D eigenvalue weighted by atomic mass is 9.86. The van der Waals surface area contributed by atoms with E-state index in [1.165, 1.54) is 0 Å². The van der Waals surface area contributed by atoms with E-state index in [0.29, 0.717) is 11.5 Å². The van der Waals surface area contributed by atoms with E-state index < -0.39 is 0 Å². The SMILES string of the molecule is Cc1cc(O)c(C(C)(C)C)cc1Sc1cc(C(C)(C)C)c(O)cc1C.Oc1ccc(Sc2ccc(O)cc2)cc1. The predicted molar refractivity (Wildman–Crippen MR) is 168 cm³/mol. The zero-order valence-corrected chi connectivity index (χ0v) is 26.2. The van der Waals surface area contributed by atoms with Crippen LogP contribution in [0.1, 0.15) is 63.8 Å². The maximum atomic E-state index is 10.3. The van der Waals surface area contributed by atoms with Crippen LogP contribution in [0.3, 0.4) is 0 Å². The second-order valence-electron chi connectivity index (χ2n) is 12.0. The van der Waals surface area contributed by atoms with Gasteiger partial charge in [-0.3, -0.25) is 0 Å². The molecule has 0 aliphatic rings. The lowest BCUT2D eigenvalue weighted by Crippen LogP contribution is -2.12. The summed E-state index contributed by atoms with van der Waals surface area (Å²) >= 11 is 3.28. The summed E-state index contributed by atoms with van der Waals surface area (Å²) in [6.07, 6.45) is 0. The Balaban J connectivity index is 0.000000249. The van der Waals surface area contributed by atoms with Gasteiger partial charge in [-0.2, -0.15) is 0 Å². The summed E-state index contributed by atoms with van der Waals surface area (Å²) in [5.41, 5.74) is 3.78. The maximum absolute atomic E-state index is 10.3. The molecule has 0 saturated heterocycles. The Morgan fingerprint density at radius 2 is 0.800 bits per heavy atom. The topological polar surface area (TPSA) is 80.9 Å².